The zero-order valence-corrected chi connectivity index (χ0v) is 8.77. The molecule has 0 radical (unpaired) electrons. The molecule has 0 aliphatic rings. The van der Waals surface area contributed by atoms with Gasteiger partial charge in [0.05, 0.1) is 6.61 Å². The van der Waals surface area contributed by atoms with Crippen molar-refractivity contribution in [3.63, 3.8) is 0 Å². The SMILES string of the molecule is OCC(C(F)C(F)(F)C(F)(F)F)(C(F)(F)F)C(F)(F)F. The van der Waals surface area contributed by atoms with Gasteiger partial charge >= 0.3 is 24.5 Å². The van der Waals surface area contributed by atoms with Crippen molar-refractivity contribution in [1.29, 1.82) is 0 Å². The molecule has 1 nitrogen and oxygen atoms in total. The van der Waals surface area contributed by atoms with E-state index in [1.54, 1.807) is 0 Å². The third-order valence-corrected chi connectivity index (χ3v) is 2.39. The minimum Gasteiger partial charge on any atom is -0.395 e. The van der Waals surface area contributed by atoms with Crippen molar-refractivity contribution in [2.24, 2.45) is 5.41 Å². The molecular formula is C7H4F12O. The molecule has 1 unspecified atom stereocenters. The molecule has 0 heterocycles. The number of aliphatic hydroxyl groups is 1. The first-order valence-electron chi connectivity index (χ1n) is 4.29. The van der Waals surface area contributed by atoms with Gasteiger partial charge in [0.25, 0.3) is 0 Å². The summed E-state index contributed by atoms with van der Waals surface area (Å²) in [5.74, 6) is -6.97. The fourth-order valence-electron chi connectivity index (χ4n) is 1.16. The lowest BCUT2D eigenvalue weighted by molar-refractivity contribution is -0.406. The molecule has 0 saturated heterocycles. The number of rotatable bonds is 3. The molecule has 0 spiro atoms. The van der Waals surface area contributed by atoms with Crippen molar-refractivity contribution in [3.05, 3.63) is 0 Å². The van der Waals surface area contributed by atoms with Crippen molar-refractivity contribution in [1.82, 2.24) is 0 Å². The lowest BCUT2D eigenvalue weighted by Gasteiger charge is -2.40. The Kier molecular flexibility index (Phi) is 4.63. The minimum atomic E-state index is -7.01. The molecule has 0 aliphatic carbocycles. The molecule has 1 atom stereocenters. The second-order valence-electron chi connectivity index (χ2n) is 3.61. The number of hydrogen-bond acceptors (Lipinski definition) is 1. The highest BCUT2D eigenvalue weighted by atomic mass is 19.4. The van der Waals surface area contributed by atoms with Crippen LogP contribution in [-0.4, -0.2) is 42.3 Å². The summed E-state index contributed by atoms with van der Waals surface area (Å²) in [5.41, 5.74) is -6.26. The molecule has 0 aromatic heterocycles. The van der Waals surface area contributed by atoms with Crippen LogP contribution in [0.15, 0.2) is 0 Å². The van der Waals surface area contributed by atoms with E-state index in [1.807, 2.05) is 0 Å². The van der Waals surface area contributed by atoms with Gasteiger partial charge in [-0.1, -0.05) is 0 Å². The van der Waals surface area contributed by atoms with E-state index in [0.717, 1.165) is 0 Å². The van der Waals surface area contributed by atoms with Gasteiger partial charge in [-0.25, -0.2) is 4.39 Å². The van der Waals surface area contributed by atoms with E-state index >= 15 is 0 Å². The summed E-state index contributed by atoms with van der Waals surface area (Å²) >= 11 is 0. The van der Waals surface area contributed by atoms with Gasteiger partial charge in [-0.2, -0.15) is 48.3 Å². The Hall–Kier alpha value is -0.880. The Morgan fingerprint density at radius 2 is 0.950 bits per heavy atom. The molecule has 0 aromatic carbocycles. The summed E-state index contributed by atoms with van der Waals surface area (Å²) in [7, 11) is 0. The van der Waals surface area contributed by atoms with Gasteiger partial charge in [0.2, 0.25) is 5.41 Å². The smallest absolute Gasteiger partial charge is 0.395 e. The van der Waals surface area contributed by atoms with E-state index < -0.39 is 42.6 Å². The molecule has 0 rings (SSSR count). The highest BCUT2D eigenvalue weighted by Crippen LogP contribution is 2.58. The average molecular weight is 332 g/mol. The van der Waals surface area contributed by atoms with E-state index in [4.69, 9.17) is 5.11 Å². The van der Waals surface area contributed by atoms with Gasteiger partial charge in [0.15, 0.2) is 6.17 Å². The van der Waals surface area contributed by atoms with Crippen molar-refractivity contribution in [2.75, 3.05) is 6.61 Å². The van der Waals surface area contributed by atoms with Gasteiger partial charge in [0, 0.05) is 0 Å². The fraction of sp³-hybridized carbons (Fsp3) is 1.00. The highest BCUT2D eigenvalue weighted by molar-refractivity contribution is 5.05. The van der Waals surface area contributed by atoms with Crippen molar-refractivity contribution in [2.45, 2.75) is 30.6 Å². The van der Waals surface area contributed by atoms with E-state index in [0.29, 0.717) is 0 Å². The van der Waals surface area contributed by atoms with Crippen LogP contribution in [0.2, 0.25) is 0 Å². The molecule has 0 bridgehead atoms. The summed E-state index contributed by atoms with van der Waals surface area (Å²) < 4.78 is 146. The summed E-state index contributed by atoms with van der Waals surface area (Å²) in [5, 5.41) is 8.07. The summed E-state index contributed by atoms with van der Waals surface area (Å²) in [6.45, 7) is -3.37. The normalized spacial score (nSPS) is 17.2. The largest absolute Gasteiger partial charge is 0.456 e. The van der Waals surface area contributed by atoms with E-state index in [2.05, 4.69) is 0 Å². The first kappa shape index (κ1) is 19.1. The van der Waals surface area contributed by atoms with Crippen LogP contribution >= 0.6 is 0 Å². The first-order valence-corrected chi connectivity index (χ1v) is 4.29. The van der Waals surface area contributed by atoms with Gasteiger partial charge in [0.1, 0.15) is 0 Å². The third-order valence-electron chi connectivity index (χ3n) is 2.39. The van der Waals surface area contributed by atoms with Crippen LogP contribution in [0.1, 0.15) is 0 Å². The zero-order valence-electron chi connectivity index (χ0n) is 8.77. The molecule has 0 saturated carbocycles. The molecule has 0 amide bonds. The van der Waals surface area contributed by atoms with Crippen molar-refractivity contribution in [3.8, 4) is 0 Å². The van der Waals surface area contributed by atoms with E-state index in [-0.39, 0.29) is 0 Å². The third kappa shape index (κ3) is 2.63. The van der Waals surface area contributed by atoms with Crippen LogP contribution in [0.4, 0.5) is 52.7 Å². The lowest BCUT2D eigenvalue weighted by atomic mass is 9.79. The molecule has 20 heavy (non-hydrogen) atoms. The topological polar surface area (TPSA) is 20.2 Å². The molecule has 122 valence electrons. The maximum absolute atomic E-state index is 12.9. The Labute approximate surface area is 102 Å². The predicted octanol–water partition coefficient (Wildman–Crippen LogP) is 3.63. The highest BCUT2D eigenvalue weighted by Gasteiger charge is 2.82. The Morgan fingerprint density at radius 1 is 0.650 bits per heavy atom. The molecule has 1 N–H and O–H groups in total. The zero-order chi connectivity index (χ0) is 16.8. The second-order valence-corrected chi connectivity index (χ2v) is 3.61. The second kappa shape index (κ2) is 4.84. The van der Waals surface area contributed by atoms with E-state index in [1.165, 1.54) is 0 Å². The standard InChI is InChI=1S/C7H4F12O/c8-2(4(9,10)7(17,18)19)3(1-20,5(11,12)13)6(14,15)16/h2,20H,1H2. The van der Waals surface area contributed by atoms with Gasteiger partial charge in [-0.05, 0) is 0 Å². The van der Waals surface area contributed by atoms with Crippen LogP contribution in [0.3, 0.4) is 0 Å². The van der Waals surface area contributed by atoms with Crippen LogP contribution in [0, 0.1) is 5.41 Å². The Morgan fingerprint density at radius 3 is 1.10 bits per heavy atom. The van der Waals surface area contributed by atoms with Crippen LogP contribution in [0.25, 0.3) is 0 Å². The molecule has 0 aromatic rings. The number of aliphatic hydroxyl groups excluding tert-OH is 1. The first-order chi connectivity index (χ1) is 8.47. The predicted molar refractivity (Wildman–Crippen MR) is 37.5 cm³/mol. The Bertz CT molecular complexity index is 321. The average Bonchev–Trinajstić information content (AvgIpc) is 2.12. The number of hydrogen-bond donors (Lipinski definition) is 1. The van der Waals surface area contributed by atoms with Gasteiger partial charge < -0.3 is 5.11 Å². The summed E-state index contributed by atoms with van der Waals surface area (Å²) in [6.07, 6.45) is -26.7. The Balaban J connectivity index is 6.20. The van der Waals surface area contributed by atoms with E-state index in [9.17, 15) is 52.7 Å². The molecular weight excluding hydrogens is 328 g/mol. The molecule has 0 fully saturated rings. The molecule has 13 heteroatoms. The summed E-state index contributed by atoms with van der Waals surface area (Å²) in [6, 6.07) is 0. The quantitative estimate of drug-likeness (QED) is 0.783. The van der Waals surface area contributed by atoms with Gasteiger partial charge in [-0.3, -0.25) is 0 Å². The number of alkyl halides is 12. The molecule has 0 aliphatic heterocycles. The maximum atomic E-state index is 12.9. The van der Waals surface area contributed by atoms with Crippen molar-refractivity contribution < 1.29 is 57.8 Å². The monoisotopic (exact) mass is 332 g/mol. The van der Waals surface area contributed by atoms with Crippen LogP contribution in [0.5, 0.6) is 0 Å². The number of halogens is 12. The van der Waals surface area contributed by atoms with Crippen LogP contribution < -0.4 is 0 Å². The summed E-state index contributed by atoms with van der Waals surface area (Å²) in [4.78, 5) is 0. The van der Waals surface area contributed by atoms with Crippen LogP contribution in [-0.2, 0) is 0 Å². The fourth-order valence-corrected chi connectivity index (χ4v) is 1.16. The van der Waals surface area contributed by atoms with Gasteiger partial charge in [-0.15, -0.1) is 0 Å². The minimum absolute atomic E-state index is 3.37. The van der Waals surface area contributed by atoms with Crippen molar-refractivity contribution >= 4 is 0 Å². The maximum Gasteiger partial charge on any atom is 0.456 e. The lowest BCUT2D eigenvalue weighted by Crippen LogP contribution is -2.65.